The van der Waals surface area contributed by atoms with E-state index < -0.39 is 0 Å². The summed E-state index contributed by atoms with van der Waals surface area (Å²) in [6.45, 7) is 0. The molecular formula is C11H6N2S. The fraction of sp³-hybridized carbons (Fsp3) is 0.0909. The molecule has 0 radical (unpaired) electrons. The summed E-state index contributed by atoms with van der Waals surface area (Å²) in [6, 6.07) is 7.85. The van der Waals surface area contributed by atoms with Gasteiger partial charge in [-0.05, 0) is 18.2 Å². The Morgan fingerprint density at radius 3 is 3.21 bits per heavy atom. The first kappa shape index (κ1) is 8.74. The monoisotopic (exact) mass is 198 g/mol. The summed E-state index contributed by atoms with van der Waals surface area (Å²) >= 11 is 1.60. The molecule has 0 spiro atoms. The van der Waals surface area contributed by atoms with Crippen LogP contribution in [0.25, 0.3) is 10.2 Å². The van der Waals surface area contributed by atoms with Crippen LogP contribution >= 0.6 is 11.3 Å². The predicted molar refractivity (Wildman–Crippen MR) is 56.7 cm³/mol. The van der Waals surface area contributed by atoms with E-state index in [1.165, 1.54) is 0 Å². The van der Waals surface area contributed by atoms with Crippen molar-refractivity contribution >= 4 is 21.6 Å². The lowest BCUT2D eigenvalue weighted by molar-refractivity contribution is 1.40. The number of benzene rings is 1. The highest BCUT2D eigenvalue weighted by molar-refractivity contribution is 7.16. The SMILES string of the molecule is N#CCC#Cc1ccc2ncsc2c1. The van der Waals surface area contributed by atoms with Crippen LogP contribution in [0.2, 0.25) is 0 Å². The molecular weight excluding hydrogens is 192 g/mol. The number of hydrogen-bond donors (Lipinski definition) is 0. The Kier molecular flexibility index (Phi) is 2.44. The van der Waals surface area contributed by atoms with E-state index in [-0.39, 0.29) is 6.42 Å². The van der Waals surface area contributed by atoms with Crippen LogP contribution in [0.1, 0.15) is 12.0 Å². The second kappa shape index (κ2) is 3.91. The first-order valence-corrected chi connectivity index (χ1v) is 4.97. The minimum absolute atomic E-state index is 0.278. The molecule has 14 heavy (non-hydrogen) atoms. The molecule has 0 saturated heterocycles. The summed E-state index contributed by atoms with van der Waals surface area (Å²) in [5.74, 6) is 5.72. The first-order valence-electron chi connectivity index (χ1n) is 4.09. The normalized spacial score (nSPS) is 9.07. The van der Waals surface area contributed by atoms with Gasteiger partial charge in [-0.25, -0.2) is 4.98 Å². The van der Waals surface area contributed by atoms with Crippen LogP contribution in [-0.4, -0.2) is 4.98 Å². The molecule has 3 heteroatoms. The van der Waals surface area contributed by atoms with Crippen molar-refractivity contribution in [1.82, 2.24) is 4.98 Å². The molecule has 0 bridgehead atoms. The Bertz CT molecular complexity index is 552. The molecule has 0 saturated carbocycles. The van der Waals surface area contributed by atoms with E-state index >= 15 is 0 Å². The molecule has 0 aliphatic heterocycles. The molecule has 66 valence electrons. The molecule has 0 fully saturated rings. The van der Waals surface area contributed by atoms with Crippen molar-refractivity contribution < 1.29 is 0 Å². The van der Waals surface area contributed by atoms with Gasteiger partial charge in [0.2, 0.25) is 0 Å². The van der Waals surface area contributed by atoms with Crippen LogP contribution in [0.15, 0.2) is 23.7 Å². The third-order valence-corrected chi connectivity index (χ3v) is 2.52. The van der Waals surface area contributed by atoms with Crippen LogP contribution in [0, 0.1) is 23.2 Å². The van der Waals surface area contributed by atoms with E-state index in [1.807, 2.05) is 29.8 Å². The highest BCUT2D eigenvalue weighted by atomic mass is 32.1. The third kappa shape index (κ3) is 1.74. The van der Waals surface area contributed by atoms with Gasteiger partial charge < -0.3 is 0 Å². The maximum absolute atomic E-state index is 8.32. The van der Waals surface area contributed by atoms with Gasteiger partial charge in [0.25, 0.3) is 0 Å². The standard InChI is InChI=1S/C11H6N2S/c12-6-2-1-3-9-4-5-10-11(7-9)14-8-13-10/h4-5,7-8H,2H2. The summed E-state index contributed by atoms with van der Waals surface area (Å²) < 4.78 is 1.13. The van der Waals surface area contributed by atoms with Gasteiger partial charge in [0.1, 0.15) is 0 Å². The molecule has 2 rings (SSSR count). The van der Waals surface area contributed by atoms with Crippen LogP contribution in [0.3, 0.4) is 0 Å². The molecule has 0 N–H and O–H groups in total. The number of nitriles is 1. The largest absolute Gasteiger partial charge is 0.245 e. The molecule has 1 aromatic carbocycles. The second-order valence-corrected chi connectivity index (χ2v) is 3.56. The molecule has 2 nitrogen and oxygen atoms in total. The first-order chi connectivity index (χ1) is 6.90. The van der Waals surface area contributed by atoms with Gasteiger partial charge in [0.15, 0.2) is 0 Å². The van der Waals surface area contributed by atoms with Crippen LogP contribution in [-0.2, 0) is 0 Å². The van der Waals surface area contributed by atoms with Crippen molar-refractivity contribution in [3.05, 3.63) is 29.3 Å². The zero-order chi connectivity index (χ0) is 9.80. The van der Waals surface area contributed by atoms with Gasteiger partial charge in [-0.1, -0.05) is 11.8 Å². The smallest absolute Gasteiger partial charge is 0.0966 e. The molecule has 0 aliphatic rings. The molecule has 2 aromatic rings. The van der Waals surface area contributed by atoms with E-state index in [0.717, 1.165) is 15.8 Å². The van der Waals surface area contributed by atoms with E-state index in [1.54, 1.807) is 11.3 Å². The fourth-order valence-electron chi connectivity index (χ4n) is 1.12. The second-order valence-electron chi connectivity index (χ2n) is 2.67. The van der Waals surface area contributed by atoms with Gasteiger partial charge in [-0.15, -0.1) is 11.3 Å². The summed E-state index contributed by atoms with van der Waals surface area (Å²) in [6.07, 6.45) is 0.278. The van der Waals surface area contributed by atoms with Crippen LogP contribution in [0.4, 0.5) is 0 Å². The van der Waals surface area contributed by atoms with E-state index in [9.17, 15) is 0 Å². The van der Waals surface area contributed by atoms with Gasteiger partial charge in [0, 0.05) is 5.56 Å². The average molecular weight is 198 g/mol. The molecule has 1 heterocycles. The minimum atomic E-state index is 0.278. The van der Waals surface area contributed by atoms with Crippen molar-refractivity contribution in [3.63, 3.8) is 0 Å². The Hall–Kier alpha value is -1.84. The Balaban J connectivity index is 2.37. The van der Waals surface area contributed by atoms with E-state index in [0.29, 0.717) is 0 Å². The summed E-state index contributed by atoms with van der Waals surface area (Å²) in [7, 11) is 0. The lowest BCUT2D eigenvalue weighted by Gasteiger charge is -1.89. The van der Waals surface area contributed by atoms with Crippen LogP contribution < -0.4 is 0 Å². The Labute approximate surface area is 85.8 Å². The van der Waals surface area contributed by atoms with Gasteiger partial charge in [-0.3, -0.25) is 0 Å². The highest BCUT2D eigenvalue weighted by Gasteiger charge is 1.95. The number of aromatic nitrogens is 1. The number of fused-ring (bicyclic) bond motifs is 1. The van der Waals surface area contributed by atoms with Crippen molar-refractivity contribution in [2.75, 3.05) is 0 Å². The van der Waals surface area contributed by atoms with Crippen molar-refractivity contribution in [1.29, 1.82) is 5.26 Å². The zero-order valence-electron chi connectivity index (χ0n) is 7.32. The molecule has 0 atom stereocenters. The molecule has 0 unspecified atom stereocenters. The average Bonchev–Trinajstić information content (AvgIpc) is 2.65. The highest BCUT2D eigenvalue weighted by Crippen LogP contribution is 2.18. The lowest BCUT2D eigenvalue weighted by Crippen LogP contribution is -1.73. The lowest BCUT2D eigenvalue weighted by atomic mass is 10.2. The number of rotatable bonds is 0. The van der Waals surface area contributed by atoms with Crippen molar-refractivity contribution in [2.24, 2.45) is 0 Å². The predicted octanol–water partition coefficient (Wildman–Crippen LogP) is 2.56. The molecule has 0 aliphatic carbocycles. The summed E-state index contributed by atoms with van der Waals surface area (Å²) in [5.41, 5.74) is 3.76. The molecule has 1 aromatic heterocycles. The van der Waals surface area contributed by atoms with Crippen molar-refractivity contribution in [3.8, 4) is 17.9 Å². The Morgan fingerprint density at radius 1 is 1.43 bits per heavy atom. The summed E-state index contributed by atoms with van der Waals surface area (Å²) in [5, 5.41) is 8.32. The fourth-order valence-corrected chi connectivity index (χ4v) is 1.83. The van der Waals surface area contributed by atoms with Crippen molar-refractivity contribution in [2.45, 2.75) is 6.42 Å². The molecule has 0 amide bonds. The zero-order valence-corrected chi connectivity index (χ0v) is 8.14. The number of nitrogens with zero attached hydrogens (tertiary/aromatic N) is 2. The van der Waals surface area contributed by atoms with Gasteiger partial charge >= 0.3 is 0 Å². The number of hydrogen-bond acceptors (Lipinski definition) is 3. The minimum Gasteiger partial charge on any atom is -0.245 e. The van der Waals surface area contributed by atoms with E-state index in [4.69, 9.17) is 5.26 Å². The maximum atomic E-state index is 8.32. The van der Waals surface area contributed by atoms with E-state index in [2.05, 4.69) is 16.8 Å². The number of thiazole rings is 1. The maximum Gasteiger partial charge on any atom is 0.0966 e. The third-order valence-electron chi connectivity index (χ3n) is 1.73. The van der Waals surface area contributed by atoms with Gasteiger partial charge in [-0.2, -0.15) is 5.26 Å². The van der Waals surface area contributed by atoms with Crippen LogP contribution in [0.5, 0.6) is 0 Å². The van der Waals surface area contributed by atoms with Gasteiger partial charge in [0.05, 0.1) is 28.2 Å². The Morgan fingerprint density at radius 2 is 2.36 bits per heavy atom. The summed E-state index contributed by atoms with van der Waals surface area (Å²) in [4.78, 5) is 4.17. The quantitative estimate of drug-likeness (QED) is 0.610. The topological polar surface area (TPSA) is 36.7 Å².